The van der Waals surface area contributed by atoms with E-state index in [1.807, 2.05) is 30.3 Å². The van der Waals surface area contributed by atoms with E-state index in [0.29, 0.717) is 0 Å². The summed E-state index contributed by atoms with van der Waals surface area (Å²) >= 11 is 0. The Labute approximate surface area is 147 Å². The van der Waals surface area contributed by atoms with Crippen molar-refractivity contribution in [3.63, 3.8) is 0 Å². The van der Waals surface area contributed by atoms with E-state index < -0.39 is 0 Å². The van der Waals surface area contributed by atoms with Crippen LogP contribution in [0.3, 0.4) is 0 Å². The van der Waals surface area contributed by atoms with Gasteiger partial charge in [0.25, 0.3) is 0 Å². The third-order valence-corrected chi connectivity index (χ3v) is 4.13. The predicted octanol–water partition coefficient (Wildman–Crippen LogP) is 6.61. The molecule has 0 amide bonds. The first-order valence-corrected chi connectivity index (χ1v) is 8.81. The SMILES string of the molecule is CC(C)(C)C1=NC(=Nc2ccccc2)C(C(C)(C)C)=C1C(C)(C)C. The van der Waals surface area contributed by atoms with E-state index in [1.165, 1.54) is 16.9 Å². The summed E-state index contributed by atoms with van der Waals surface area (Å²) in [5.74, 6) is 0.878. The van der Waals surface area contributed by atoms with E-state index in [4.69, 9.17) is 9.98 Å². The molecule has 1 aliphatic rings. The summed E-state index contributed by atoms with van der Waals surface area (Å²) in [4.78, 5) is 9.95. The molecule has 0 unspecified atom stereocenters. The third kappa shape index (κ3) is 3.85. The van der Waals surface area contributed by atoms with Crippen LogP contribution in [0.4, 0.5) is 5.69 Å². The summed E-state index contributed by atoms with van der Waals surface area (Å²) in [7, 11) is 0. The summed E-state index contributed by atoms with van der Waals surface area (Å²) in [5, 5.41) is 0. The minimum atomic E-state index is -0.00722. The average Bonchev–Trinajstić information content (AvgIpc) is 2.79. The van der Waals surface area contributed by atoms with E-state index in [2.05, 4.69) is 62.3 Å². The predicted molar refractivity (Wildman–Crippen MR) is 106 cm³/mol. The fraction of sp³-hybridized carbons (Fsp3) is 0.545. The van der Waals surface area contributed by atoms with Crippen LogP contribution in [-0.2, 0) is 0 Å². The topological polar surface area (TPSA) is 24.7 Å². The van der Waals surface area contributed by atoms with Gasteiger partial charge < -0.3 is 0 Å². The zero-order chi connectivity index (χ0) is 18.3. The zero-order valence-corrected chi connectivity index (χ0v) is 16.8. The van der Waals surface area contributed by atoms with E-state index >= 15 is 0 Å². The largest absolute Gasteiger partial charge is 0.233 e. The van der Waals surface area contributed by atoms with Gasteiger partial charge in [0.2, 0.25) is 0 Å². The smallest absolute Gasteiger partial charge is 0.156 e. The van der Waals surface area contributed by atoms with Crippen molar-refractivity contribution in [2.45, 2.75) is 62.3 Å². The monoisotopic (exact) mass is 324 g/mol. The Balaban J connectivity index is 2.77. The lowest BCUT2D eigenvalue weighted by molar-refractivity contribution is 0.466. The van der Waals surface area contributed by atoms with Gasteiger partial charge in [0.05, 0.1) is 11.4 Å². The molecule has 2 rings (SSSR count). The van der Waals surface area contributed by atoms with Crippen LogP contribution in [0.25, 0.3) is 0 Å². The van der Waals surface area contributed by atoms with Crippen molar-refractivity contribution in [1.82, 2.24) is 0 Å². The van der Waals surface area contributed by atoms with Gasteiger partial charge in [-0.25, -0.2) is 9.98 Å². The molecule has 2 heteroatoms. The van der Waals surface area contributed by atoms with Crippen molar-refractivity contribution >= 4 is 17.2 Å². The highest BCUT2D eigenvalue weighted by atomic mass is 15.0. The van der Waals surface area contributed by atoms with Crippen LogP contribution in [0, 0.1) is 16.2 Å². The number of aliphatic imine (C=N–C) groups is 2. The molecule has 0 N–H and O–H groups in total. The van der Waals surface area contributed by atoms with E-state index in [-0.39, 0.29) is 16.2 Å². The normalized spacial score (nSPS) is 18.4. The second-order valence-corrected chi connectivity index (χ2v) is 9.73. The van der Waals surface area contributed by atoms with E-state index in [9.17, 15) is 0 Å². The van der Waals surface area contributed by atoms with Gasteiger partial charge in [-0.05, 0) is 28.5 Å². The highest BCUT2D eigenvalue weighted by molar-refractivity contribution is 6.24. The average molecular weight is 325 g/mol. The number of amidine groups is 1. The Morgan fingerprint density at radius 1 is 0.667 bits per heavy atom. The Morgan fingerprint density at radius 2 is 1.17 bits per heavy atom. The van der Waals surface area contributed by atoms with Crippen LogP contribution in [0.15, 0.2) is 51.5 Å². The van der Waals surface area contributed by atoms with Gasteiger partial charge in [0, 0.05) is 11.0 Å². The molecule has 0 fully saturated rings. The Kier molecular flexibility index (Phi) is 4.65. The molecule has 0 spiro atoms. The molecule has 1 aromatic carbocycles. The molecule has 0 radical (unpaired) electrons. The molecular weight excluding hydrogens is 292 g/mol. The molecule has 2 nitrogen and oxygen atoms in total. The van der Waals surface area contributed by atoms with E-state index in [1.54, 1.807) is 0 Å². The maximum atomic E-state index is 5.04. The number of allylic oxidation sites excluding steroid dienone is 1. The molecule has 1 aromatic rings. The second kappa shape index (κ2) is 5.98. The van der Waals surface area contributed by atoms with Crippen LogP contribution in [0.2, 0.25) is 0 Å². The maximum absolute atomic E-state index is 5.04. The molecular formula is C22H32N2. The third-order valence-electron chi connectivity index (χ3n) is 4.13. The lowest BCUT2D eigenvalue weighted by atomic mass is 9.70. The number of nitrogens with zero attached hydrogens (tertiary/aromatic N) is 2. The minimum Gasteiger partial charge on any atom is -0.233 e. The Hall–Kier alpha value is -1.70. The second-order valence-electron chi connectivity index (χ2n) is 9.73. The molecule has 130 valence electrons. The molecule has 0 saturated carbocycles. The van der Waals surface area contributed by atoms with Crippen LogP contribution >= 0.6 is 0 Å². The zero-order valence-electron chi connectivity index (χ0n) is 16.8. The first kappa shape index (κ1) is 18.6. The highest BCUT2D eigenvalue weighted by Gasteiger charge is 2.41. The number of hydrogen-bond acceptors (Lipinski definition) is 1. The van der Waals surface area contributed by atoms with Gasteiger partial charge in [0.15, 0.2) is 5.84 Å². The number of benzene rings is 1. The molecule has 0 saturated heterocycles. The van der Waals surface area contributed by atoms with Gasteiger partial charge in [-0.15, -0.1) is 0 Å². The summed E-state index contributed by atoms with van der Waals surface area (Å²) in [6.07, 6.45) is 0. The van der Waals surface area contributed by atoms with Gasteiger partial charge in [-0.3, -0.25) is 0 Å². The molecule has 0 aromatic heterocycles. The molecule has 0 bridgehead atoms. The fourth-order valence-corrected chi connectivity index (χ4v) is 3.14. The van der Waals surface area contributed by atoms with Gasteiger partial charge in [0.1, 0.15) is 0 Å². The van der Waals surface area contributed by atoms with Gasteiger partial charge in [-0.2, -0.15) is 0 Å². The van der Waals surface area contributed by atoms with Crippen LogP contribution in [0.5, 0.6) is 0 Å². The van der Waals surface area contributed by atoms with E-state index in [0.717, 1.165) is 11.5 Å². The maximum Gasteiger partial charge on any atom is 0.156 e. The fourth-order valence-electron chi connectivity index (χ4n) is 3.14. The first-order valence-electron chi connectivity index (χ1n) is 8.81. The summed E-state index contributed by atoms with van der Waals surface area (Å²) in [5.41, 5.74) is 4.79. The first-order chi connectivity index (χ1) is 10.8. The molecule has 24 heavy (non-hydrogen) atoms. The van der Waals surface area contributed by atoms with Crippen LogP contribution in [0.1, 0.15) is 62.3 Å². The van der Waals surface area contributed by atoms with Crippen molar-refractivity contribution in [2.75, 3.05) is 0 Å². The van der Waals surface area contributed by atoms with Crippen molar-refractivity contribution in [3.05, 3.63) is 41.5 Å². The molecule has 1 aliphatic heterocycles. The minimum absolute atomic E-state index is 0.00687. The lowest BCUT2D eigenvalue weighted by Crippen LogP contribution is -2.29. The molecule has 0 aliphatic carbocycles. The van der Waals surface area contributed by atoms with Crippen LogP contribution in [-0.4, -0.2) is 11.5 Å². The summed E-state index contributed by atoms with van der Waals surface area (Å²) in [6.45, 7) is 20.3. The standard InChI is InChI=1S/C22H32N2/c1-20(2,3)16-17(21(4,5)6)19(24-18(16)22(7,8)9)23-15-13-11-10-12-14-15/h10-14H,1-9H3. The number of rotatable bonds is 1. The Bertz CT molecular complexity index is 697. The van der Waals surface area contributed by atoms with Crippen molar-refractivity contribution in [3.8, 4) is 0 Å². The molecule has 1 heterocycles. The lowest BCUT2D eigenvalue weighted by Gasteiger charge is -2.33. The van der Waals surface area contributed by atoms with Crippen molar-refractivity contribution in [2.24, 2.45) is 26.2 Å². The number of para-hydroxylation sites is 1. The van der Waals surface area contributed by atoms with Crippen LogP contribution < -0.4 is 0 Å². The molecule has 0 atom stereocenters. The summed E-state index contributed by atoms with van der Waals surface area (Å²) < 4.78 is 0. The number of hydrogen-bond donors (Lipinski definition) is 0. The van der Waals surface area contributed by atoms with Crippen molar-refractivity contribution in [1.29, 1.82) is 0 Å². The van der Waals surface area contributed by atoms with Gasteiger partial charge in [-0.1, -0.05) is 80.5 Å². The quantitative estimate of drug-likeness (QED) is 0.555. The summed E-state index contributed by atoms with van der Waals surface area (Å²) in [6, 6.07) is 10.1. The van der Waals surface area contributed by atoms with Gasteiger partial charge >= 0.3 is 0 Å². The van der Waals surface area contributed by atoms with Crippen molar-refractivity contribution < 1.29 is 0 Å². The Morgan fingerprint density at radius 3 is 1.58 bits per heavy atom. The highest BCUT2D eigenvalue weighted by Crippen LogP contribution is 2.45.